The molecular weight excluding hydrogens is 527 g/mol. The highest BCUT2D eigenvalue weighted by Gasteiger charge is 2.27. The molecule has 10 nitrogen and oxygen atoms in total. The fourth-order valence-corrected chi connectivity index (χ4v) is 5.15. The zero-order chi connectivity index (χ0) is 29.1. The maximum absolute atomic E-state index is 14.5. The number of nitrogens with two attached hydrogens (primary N) is 1. The minimum atomic E-state index is -0.556. The number of ether oxygens (including phenoxy) is 2. The Balaban J connectivity index is 0.00000165. The van der Waals surface area contributed by atoms with E-state index in [0.717, 1.165) is 24.0 Å². The Morgan fingerprint density at radius 3 is 2.56 bits per heavy atom. The van der Waals surface area contributed by atoms with Crippen LogP contribution in [0.25, 0.3) is 33.1 Å². The second kappa shape index (κ2) is 12.0. The zero-order valence-corrected chi connectivity index (χ0v) is 23.6. The molecule has 0 spiro atoms. The number of nitrogen functional groups attached to an aromatic ring is 1. The van der Waals surface area contributed by atoms with Gasteiger partial charge in [-0.15, -0.1) is 0 Å². The van der Waals surface area contributed by atoms with Crippen molar-refractivity contribution >= 4 is 27.6 Å². The van der Waals surface area contributed by atoms with Crippen LogP contribution in [0, 0.1) is 5.82 Å². The Morgan fingerprint density at radius 2 is 1.83 bits per heavy atom. The third kappa shape index (κ3) is 5.38. The van der Waals surface area contributed by atoms with Crippen LogP contribution in [-0.2, 0) is 11.3 Å². The highest BCUT2D eigenvalue weighted by atomic mass is 19.1. The number of morpholine rings is 1. The quantitative estimate of drug-likeness (QED) is 0.312. The van der Waals surface area contributed by atoms with E-state index in [1.54, 1.807) is 16.8 Å². The van der Waals surface area contributed by atoms with Crippen molar-refractivity contribution in [3.05, 3.63) is 76.4 Å². The van der Waals surface area contributed by atoms with Gasteiger partial charge in [-0.2, -0.15) is 5.10 Å². The van der Waals surface area contributed by atoms with Crippen LogP contribution in [0.1, 0.15) is 38.1 Å². The third-order valence-electron chi connectivity index (χ3n) is 7.10. The van der Waals surface area contributed by atoms with Gasteiger partial charge >= 0.3 is 5.63 Å². The summed E-state index contributed by atoms with van der Waals surface area (Å²) in [6.07, 6.45) is 1.35. The Kier molecular flexibility index (Phi) is 8.27. The highest BCUT2D eigenvalue weighted by Crippen LogP contribution is 2.36. The van der Waals surface area contributed by atoms with Crippen LogP contribution < -0.4 is 16.1 Å². The lowest BCUT2D eigenvalue weighted by Crippen LogP contribution is -2.36. The van der Waals surface area contributed by atoms with Crippen molar-refractivity contribution in [1.29, 1.82) is 0 Å². The fourth-order valence-electron chi connectivity index (χ4n) is 5.15. The van der Waals surface area contributed by atoms with Crippen LogP contribution in [0.4, 0.5) is 10.2 Å². The first-order valence-electron chi connectivity index (χ1n) is 13.6. The van der Waals surface area contributed by atoms with Gasteiger partial charge in [-0.05, 0) is 30.5 Å². The zero-order valence-electron chi connectivity index (χ0n) is 23.6. The molecular formula is C30H33FN6O4. The average molecular weight is 561 g/mol. The number of nitrogens with zero attached hydrogens (tertiary/aromatic N) is 5. The first-order chi connectivity index (χ1) is 19.9. The van der Waals surface area contributed by atoms with Gasteiger partial charge in [0, 0.05) is 36.8 Å². The van der Waals surface area contributed by atoms with E-state index in [1.807, 2.05) is 39.0 Å². The monoisotopic (exact) mass is 560 g/mol. The van der Waals surface area contributed by atoms with Gasteiger partial charge in [0.15, 0.2) is 5.65 Å². The van der Waals surface area contributed by atoms with Crippen LogP contribution in [0.2, 0.25) is 0 Å². The molecule has 0 bridgehead atoms. The summed E-state index contributed by atoms with van der Waals surface area (Å²) in [4.78, 5) is 24.0. The Bertz CT molecular complexity index is 1750. The molecule has 1 atom stereocenters. The summed E-state index contributed by atoms with van der Waals surface area (Å²) in [5.74, 6) is 0.522. The number of rotatable bonds is 6. The van der Waals surface area contributed by atoms with Gasteiger partial charge in [0.05, 0.1) is 31.1 Å². The SMILES string of the molecule is CC.COc1cc(F)cc(-c2nn(C(C)c3oc(=O)c4ccccc4c3CN3CCOCC3)c3ncnc(N)c23)c1. The molecule has 41 heavy (non-hydrogen) atoms. The molecule has 1 unspecified atom stereocenters. The molecule has 3 aromatic heterocycles. The predicted octanol–water partition coefficient (Wildman–Crippen LogP) is 4.80. The van der Waals surface area contributed by atoms with Gasteiger partial charge in [-0.1, -0.05) is 32.0 Å². The molecule has 1 aliphatic heterocycles. The molecule has 214 valence electrons. The van der Waals surface area contributed by atoms with Gasteiger partial charge in [-0.3, -0.25) is 4.90 Å². The lowest BCUT2D eigenvalue weighted by atomic mass is 10.0. The molecule has 2 aromatic carbocycles. The van der Waals surface area contributed by atoms with E-state index in [1.165, 1.54) is 25.6 Å². The molecule has 2 N–H and O–H groups in total. The number of anilines is 1. The number of halogens is 1. The first-order valence-corrected chi connectivity index (χ1v) is 13.6. The van der Waals surface area contributed by atoms with Crippen molar-refractivity contribution in [3.63, 3.8) is 0 Å². The Labute approximate surface area is 236 Å². The van der Waals surface area contributed by atoms with E-state index >= 15 is 0 Å². The van der Waals surface area contributed by atoms with Crippen LogP contribution in [0.15, 0.2) is 58.0 Å². The van der Waals surface area contributed by atoms with E-state index in [-0.39, 0.29) is 5.82 Å². The molecule has 6 rings (SSSR count). The summed E-state index contributed by atoms with van der Waals surface area (Å²) in [6, 6.07) is 11.2. The molecule has 1 fully saturated rings. The van der Waals surface area contributed by atoms with Crippen molar-refractivity contribution in [2.45, 2.75) is 33.4 Å². The molecule has 1 aliphatic rings. The average Bonchev–Trinajstić information content (AvgIpc) is 3.40. The van der Waals surface area contributed by atoms with Crippen molar-refractivity contribution in [1.82, 2.24) is 24.6 Å². The maximum Gasteiger partial charge on any atom is 0.343 e. The maximum atomic E-state index is 14.5. The summed E-state index contributed by atoms with van der Waals surface area (Å²) in [5.41, 5.74) is 8.02. The Hall–Kier alpha value is -4.35. The number of hydrogen-bond acceptors (Lipinski definition) is 9. The lowest BCUT2D eigenvalue weighted by Gasteiger charge is -2.28. The molecule has 0 saturated carbocycles. The van der Waals surface area contributed by atoms with Crippen LogP contribution in [0.3, 0.4) is 0 Å². The summed E-state index contributed by atoms with van der Waals surface area (Å²) in [7, 11) is 1.46. The van der Waals surface area contributed by atoms with E-state index in [9.17, 15) is 9.18 Å². The van der Waals surface area contributed by atoms with Crippen molar-refractivity contribution in [3.8, 4) is 17.0 Å². The van der Waals surface area contributed by atoms with E-state index in [2.05, 4.69) is 14.9 Å². The second-order valence-corrected chi connectivity index (χ2v) is 9.47. The van der Waals surface area contributed by atoms with Crippen molar-refractivity contribution in [2.24, 2.45) is 0 Å². The second-order valence-electron chi connectivity index (χ2n) is 9.47. The number of hydrogen-bond donors (Lipinski definition) is 1. The number of aromatic nitrogens is 4. The highest BCUT2D eigenvalue weighted by molar-refractivity contribution is 5.98. The number of methoxy groups -OCH3 is 1. The van der Waals surface area contributed by atoms with E-state index < -0.39 is 17.5 Å². The smallest absolute Gasteiger partial charge is 0.343 e. The van der Waals surface area contributed by atoms with Gasteiger partial charge in [-0.25, -0.2) is 23.8 Å². The first kappa shape index (κ1) is 28.2. The molecule has 4 heterocycles. The summed E-state index contributed by atoms with van der Waals surface area (Å²) in [6.45, 7) is 9.26. The lowest BCUT2D eigenvalue weighted by molar-refractivity contribution is 0.0338. The minimum absolute atomic E-state index is 0.199. The molecule has 5 aromatic rings. The molecule has 0 aliphatic carbocycles. The minimum Gasteiger partial charge on any atom is -0.497 e. The van der Waals surface area contributed by atoms with Crippen LogP contribution in [0.5, 0.6) is 5.75 Å². The predicted molar refractivity (Wildman–Crippen MR) is 155 cm³/mol. The van der Waals surface area contributed by atoms with Crippen LogP contribution >= 0.6 is 0 Å². The van der Waals surface area contributed by atoms with Gasteiger partial charge in [0.2, 0.25) is 0 Å². The summed E-state index contributed by atoms with van der Waals surface area (Å²) in [5, 5.41) is 6.63. The standard InChI is InChI=1S/C28H27FN6O4.C2H6/c1-16(25-22(14-34-7-9-38-10-8-34)20-5-3-4-6-21(20)28(36)39-25)35-27-23(26(30)31-15-32-27)24(33-35)17-11-18(29)13-19(12-17)37-2;1-2/h3-6,11-13,15-16H,7-10,14H2,1-2H3,(H2,30,31,32);1-2H3. The number of benzene rings is 2. The number of fused-ring (bicyclic) bond motifs is 2. The largest absolute Gasteiger partial charge is 0.497 e. The summed E-state index contributed by atoms with van der Waals surface area (Å²) < 4.78 is 32.9. The normalized spacial score (nSPS) is 14.6. The summed E-state index contributed by atoms with van der Waals surface area (Å²) >= 11 is 0. The van der Waals surface area contributed by atoms with E-state index in [4.69, 9.17) is 24.7 Å². The third-order valence-corrected chi connectivity index (χ3v) is 7.10. The topological polar surface area (TPSA) is 122 Å². The van der Waals surface area contributed by atoms with Gasteiger partial charge in [0.1, 0.15) is 41.2 Å². The van der Waals surface area contributed by atoms with Gasteiger partial charge < -0.3 is 19.6 Å². The molecule has 0 amide bonds. The molecule has 11 heteroatoms. The van der Waals surface area contributed by atoms with E-state index in [0.29, 0.717) is 58.9 Å². The van der Waals surface area contributed by atoms with Crippen molar-refractivity contribution < 1.29 is 18.3 Å². The molecule has 1 saturated heterocycles. The fraction of sp³-hybridized carbons (Fsp3) is 0.333. The van der Waals surface area contributed by atoms with Crippen LogP contribution in [-0.4, -0.2) is 58.1 Å². The Morgan fingerprint density at radius 1 is 1.10 bits per heavy atom. The van der Waals surface area contributed by atoms with Gasteiger partial charge in [0.25, 0.3) is 0 Å². The molecule has 0 radical (unpaired) electrons. The van der Waals surface area contributed by atoms with Crippen molar-refractivity contribution in [2.75, 3.05) is 39.1 Å².